The second kappa shape index (κ2) is 6.41. The van der Waals surface area contributed by atoms with Crippen molar-refractivity contribution in [1.29, 1.82) is 0 Å². The third-order valence-electron chi connectivity index (χ3n) is 3.44. The minimum absolute atomic E-state index is 0.812. The molecule has 1 nitrogen and oxygen atoms in total. The van der Waals surface area contributed by atoms with Crippen molar-refractivity contribution in [3.63, 3.8) is 0 Å². The first-order chi connectivity index (χ1) is 7.40. The van der Waals surface area contributed by atoms with Crippen LogP contribution in [0.25, 0.3) is 0 Å². The summed E-state index contributed by atoms with van der Waals surface area (Å²) in [6, 6.07) is 1.63. The largest absolute Gasteiger partial charge is 0.309 e. The summed E-state index contributed by atoms with van der Waals surface area (Å²) in [5, 5.41) is 4.82. The molecular weight excluding hydrogens is 222 g/mol. The van der Waals surface area contributed by atoms with E-state index in [1.165, 1.54) is 49.4 Å². The quantitative estimate of drug-likeness (QED) is 0.817. The molecule has 2 fully saturated rings. The van der Waals surface area contributed by atoms with Crippen LogP contribution in [-0.2, 0) is 0 Å². The standard InChI is InChI=1S/C12H23NS2/c1-2-15-12-7-3-6-11(12)13-10-5-4-8-14-9-10/h10-13H,2-9H2,1H3. The lowest BCUT2D eigenvalue weighted by molar-refractivity contribution is 0.433. The van der Waals surface area contributed by atoms with Gasteiger partial charge in [-0.2, -0.15) is 23.5 Å². The molecule has 0 spiro atoms. The average Bonchev–Trinajstić information content (AvgIpc) is 2.68. The first-order valence-corrected chi connectivity index (χ1v) is 8.56. The molecule has 3 heteroatoms. The first-order valence-electron chi connectivity index (χ1n) is 6.35. The van der Waals surface area contributed by atoms with Crippen LogP contribution < -0.4 is 5.32 Å². The summed E-state index contributed by atoms with van der Waals surface area (Å²) in [7, 11) is 0. The van der Waals surface area contributed by atoms with Crippen molar-refractivity contribution in [2.24, 2.45) is 0 Å². The van der Waals surface area contributed by atoms with E-state index in [1.807, 2.05) is 0 Å². The first kappa shape index (κ1) is 12.1. The SMILES string of the molecule is CCSC1CCCC1NC1CCCSC1. The smallest absolute Gasteiger partial charge is 0.0201 e. The van der Waals surface area contributed by atoms with Crippen molar-refractivity contribution in [2.75, 3.05) is 17.3 Å². The normalized spacial score (nSPS) is 37.0. The van der Waals surface area contributed by atoms with E-state index < -0.39 is 0 Å². The predicted octanol–water partition coefficient (Wildman–Crippen LogP) is 3.15. The van der Waals surface area contributed by atoms with Gasteiger partial charge in [-0.1, -0.05) is 13.3 Å². The lowest BCUT2D eigenvalue weighted by atomic mass is 10.1. The topological polar surface area (TPSA) is 12.0 Å². The Kier molecular flexibility index (Phi) is 5.18. The Labute approximate surface area is 103 Å². The predicted molar refractivity (Wildman–Crippen MR) is 73.0 cm³/mol. The maximum absolute atomic E-state index is 3.91. The van der Waals surface area contributed by atoms with Gasteiger partial charge in [-0.3, -0.25) is 0 Å². The second-order valence-electron chi connectivity index (χ2n) is 4.61. The van der Waals surface area contributed by atoms with Gasteiger partial charge >= 0.3 is 0 Å². The fraction of sp³-hybridized carbons (Fsp3) is 1.00. The van der Waals surface area contributed by atoms with Crippen LogP contribution in [0.1, 0.15) is 39.0 Å². The molecule has 0 aromatic heterocycles. The summed E-state index contributed by atoms with van der Waals surface area (Å²) in [6.07, 6.45) is 7.12. The monoisotopic (exact) mass is 245 g/mol. The van der Waals surface area contributed by atoms with Gasteiger partial charge in [0.2, 0.25) is 0 Å². The van der Waals surface area contributed by atoms with Crippen LogP contribution in [0.5, 0.6) is 0 Å². The van der Waals surface area contributed by atoms with Crippen LogP contribution in [0.2, 0.25) is 0 Å². The third kappa shape index (κ3) is 3.57. The fourth-order valence-electron chi connectivity index (χ4n) is 2.71. The van der Waals surface area contributed by atoms with Gasteiger partial charge in [-0.25, -0.2) is 0 Å². The third-order valence-corrected chi connectivity index (χ3v) is 5.98. The molecule has 1 saturated carbocycles. The Morgan fingerprint density at radius 3 is 2.93 bits per heavy atom. The van der Waals surface area contributed by atoms with Crippen molar-refractivity contribution in [1.82, 2.24) is 5.32 Å². The Morgan fingerprint density at radius 2 is 2.20 bits per heavy atom. The van der Waals surface area contributed by atoms with Crippen molar-refractivity contribution >= 4 is 23.5 Å². The summed E-state index contributed by atoms with van der Waals surface area (Å²) < 4.78 is 0. The van der Waals surface area contributed by atoms with Gasteiger partial charge in [-0.15, -0.1) is 0 Å². The summed E-state index contributed by atoms with van der Waals surface area (Å²) in [5.41, 5.74) is 0. The van der Waals surface area contributed by atoms with Crippen LogP contribution in [0.4, 0.5) is 0 Å². The van der Waals surface area contributed by atoms with Crippen LogP contribution in [0.3, 0.4) is 0 Å². The summed E-state index contributed by atoms with van der Waals surface area (Å²) in [5.74, 6) is 4.01. The van der Waals surface area contributed by atoms with Crippen LogP contribution in [-0.4, -0.2) is 34.6 Å². The average molecular weight is 245 g/mol. The van der Waals surface area contributed by atoms with E-state index in [9.17, 15) is 0 Å². The fourth-order valence-corrected chi connectivity index (χ4v) is 5.00. The van der Waals surface area contributed by atoms with E-state index in [-0.39, 0.29) is 0 Å². The molecule has 15 heavy (non-hydrogen) atoms. The van der Waals surface area contributed by atoms with Gasteiger partial charge in [0.25, 0.3) is 0 Å². The van der Waals surface area contributed by atoms with Gasteiger partial charge < -0.3 is 5.32 Å². The number of hydrogen-bond donors (Lipinski definition) is 1. The van der Waals surface area contributed by atoms with Crippen LogP contribution >= 0.6 is 23.5 Å². The number of hydrogen-bond acceptors (Lipinski definition) is 3. The Hall–Kier alpha value is 0.660. The zero-order chi connectivity index (χ0) is 10.5. The molecule has 1 aliphatic heterocycles. The molecule has 0 radical (unpaired) electrons. The van der Waals surface area contributed by atoms with Crippen molar-refractivity contribution < 1.29 is 0 Å². The van der Waals surface area contributed by atoms with Crippen LogP contribution in [0, 0.1) is 0 Å². The molecule has 2 aliphatic rings. The molecule has 1 saturated heterocycles. The minimum Gasteiger partial charge on any atom is -0.309 e. The zero-order valence-electron chi connectivity index (χ0n) is 9.71. The highest BCUT2D eigenvalue weighted by Crippen LogP contribution is 2.31. The molecule has 3 unspecified atom stereocenters. The Morgan fingerprint density at radius 1 is 1.27 bits per heavy atom. The molecule has 1 heterocycles. The van der Waals surface area contributed by atoms with E-state index in [1.54, 1.807) is 0 Å². The highest BCUT2D eigenvalue weighted by molar-refractivity contribution is 8.00. The molecule has 2 rings (SSSR count). The Balaban J connectivity index is 1.76. The number of nitrogens with one attached hydrogen (secondary N) is 1. The van der Waals surface area contributed by atoms with E-state index >= 15 is 0 Å². The van der Waals surface area contributed by atoms with Gasteiger partial charge in [-0.05, 0) is 37.2 Å². The molecule has 0 amide bonds. The van der Waals surface area contributed by atoms with Crippen molar-refractivity contribution in [3.05, 3.63) is 0 Å². The summed E-state index contributed by atoms with van der Waals surface area (Å²) in [6.45, 7) is 2.29. The maximum Gasteiger partial charge on any atom is 0.0201 e. The molecule has 0 aromatic carbocycles. The zero-order valence-corrected chi connectivity index (χ0v) is 11.3. The van der Waals surface area contributed by atoms with Crippen LogP contribution in [0.15, 0.2) is 0 Å². The van der Waals surface area contributed by atoms with Crippen molar-refractivity contribution in [2.45, 2.75) is 56.4 Å². The molecule has 1 N–H and O–H groups in total. The highest BCUT2D eigenvalue weighted by Gasteiger charge is 2.29. The molecule has 0 aromatic rings. The van der Waals surface area contributed by atoms with E-state index in [0.29, 0.717) is 0 Å². The van der Waals surface area contributed by atoms with Crippen molar-refractivity contribution in [3.8, 4) is 0 Å². The molecule has 0 bridgehead atoms. The number of rotatable bonds is 4. The van der Waals surface area contributed by atoms with Gasteiger partial charge in [0.15, 0.2) is 0 Å². The molecular formula is C12H23NS2. The Bertz CT molecular complexity index is 180. The van der Waals surface area contributed by atoms with Gasteiger partial charge in [0.1, 0.15) is 0 Å². The summed E-state index contributed by atoms with van der Waals surface area (Å²) in [4.78, 5) is 0. The van der Waals surface area contributed by atoms with Gasteiger partial charge in [0.05, 0.1) is 0 Å². The minimum atomic E-state index is 0.812. The van der Waals surface area contributed by atoms with E-state index in [0.717, 1.165) is 17.3 Å². The van der Waals surface area contributed by atoms with Gasteiger partial charge in [0, 0.05) is 23.1 Å². The van der Waals surface area contributed by atoms with E-state index in [2.05, 4.69) is 35.8 Å². The second-order valence-corrected chi connectivity index (χ2v) is 7.28. The lowest BCUT2D eigenvalue weighted by Crippen LogP contribution is -2.44. The summed E-state index contributed by atoms with van der Waals surface area (Å²) >= 11 is 4.30. The molecule has 3 atom stereocenters. The van der Waals surface area contributed by atoms with E-state index in [4.69, 9.17) is 0 Å². The number of thioether (sulfide) groups is 2. The highest BCUT2D eigenvalue weighted by atomic mass is 32.2. The molecule has 1 aliphatic carbocycles. The maximum atomic E-state index is 3.91. The molecule has 88 valence electrons. The lowest BCUT2D eigenvalue weighted by Gasteiger charge is -2.29.